The van der Waals surface area contributed by atoms with Gasteiger partial charge in [0.15, 0.2) is 11.0 Å². The number of aryl methyl sites for hydroxylation is 3. The molecule has 0 N–H and O–H groups in total. The van der Waals surface area contributed by atoms with E-state index in [1.807, 2.05) is 49.4 Å². The van der Waals surface area contributed by atoms with Crippen molar-refractivity contribution in [1.82, 2.24) is 19.7 Å². The SMILES string of the molecule is CCCc1ccc(C)cc1N1C(=O)CSC1=NC(=O)CC(CCc1ccc(-c2ncn(-c3ccc(OC(F)(F)F)cc3)n2)cc1)N(C)C(=O)OC. The quantitative estimate of drug-likeness (QED) is 0.151. The van der Waals surface area contributed by atoms with Crippen LogP contribution in [0.3, 0.4) is 0 Å². The first-order valence-electron chi connectivity index (χ1n) is 16.2. The highest BCUT2D eigenvalue weighted by molar-refractivity contribution is 8.15. The third-order valence-corrected chi connectivity index (χ3v) is 9.14. The molecule has 3 amide bonds. The maximum absolute atomic E-state index is 13.4. The fourth-order valence-electron chi connectivity index (χ4n) is 5.60. The Balaban J connectivity index is 1.26. The standard InChI is InChI=1S/C36H37F3N6O5S/c1-5-6-25-11-7-23(2)19-30(25)45-32(47)21-51-34(45)41-31(46)20-28(43(3)35(48)49-4)14-10-24-8-12-26(13-9-24)33-40-22-44(42-33)27-15-17-29(18-16-27)50-36(37,38)39/h7-9,11-13,15-19,22,28H,5-6,10,14,20-21H2,1-4H3. The second kappa shape index (κ2) is 16.2. The molecule has 4 aromatic rings. The van der Waals surface area contributed by atoms with E-state index >= 15 is 0 Å². The van der Waals surface area contributed by atoms with Crippen molar-refractivity contribution in [2.24, 2.45) is 4.99 Å². The Morgan fingerprint density at radius 3 is 2.45 bits per heavy atom. The van der Waals surface area contributed by atoms with Crippen LogP contribution in [0, 0.1) is 6.92 Å². The molecular formula is C36H37F3N6O5S. The fourth-order valence-corrected chi connectivity index (χ4v) is 6.48. The minimum Gasteiger partial charge on any atom is -0.453 e. The highest BCUT2D eigenvalue weighted by atomic mass is 32.2. The summed E-state index contributed by atoms with van der Waals surface area (Å²) in [6.07, 6.45) is -1.36. The maximum atomic E-state index is 13.4. The van der Waals surface area contributed by atoms with Crippen molar-refractivity contribution >= 4 is 40.5 Å². The monoisotopic (exact) mass is 722 g/mol. The number of carbonyl (C=O) groups is 3. The van der Waals surface area contributed by atoms with Gasteiger partial charge in [0.2, 0.25) is 11.8 Å². The average Bonchev–Trinajstić information content (AvgIpc) is 3.73. The number of hydrogen-bond acceptors (Lipinski definition) is 8. The van der Waals surface area contributed by atoms with Crippen molar-refractivity contribution in [3.05, 3.63) is 89.7 Å². The topological polar surface area (TPSA) is 119 Å². The Labute approximate surface area is 297 Å². The van der Waals surface area contributed by atoms with E-state index in [-0.39, 0.29) is 23.8 Å². The number of amidine groups is 1. The largest absolute Gasteiger partial charge is 0.573 e. The number of halogens is 3. The number of ether oxygens (including phenoxy) is 2. The Morgan fingerprint density at radius 1 is 1.06 bits per heavy atom. The van der Waals surface area contributed by atoms with Crippen LogP contribution in [-0.2, 0) is 27.2 Å². The Bertz CT molecular complexity index is 1900. The molecule has 1 unspecified atom stereocenters. The lowest BCUT2D eigenvalue weighted by molar-refractivity contribution is -0.274. The molecular weight excluding hydrogens is 685 g/mol. The third-order valence-electron chi connectivity index (χ3n) is 8.21. The number of aromatic nitrogens is 3. The van der Waals surface area contributed by atoms with Crippen molar-refractivity contribution in [2.75, 3.05) is 24.8 Å². The van der Waals surface area contributed by atoms with Gasteiger partial charge in [0.05, 0.1) is 24.2 Å². The first-order valence-corrected chi connectivity index (χ1v) is 17.2. The zero-order chi connectivity index (χ0) is 36.7. The predicted octanol–water partition coefficient (Wildman–Crippen LogP) is 7.15. The lowest BCUT2D eigenvalue weighted by Crippen LogP contribution is -2.39. The molecule has 0 aliphatic carbocycles. The van der Waals surface area contributed by atoms with E-state index in [9.17, 15) is 27.6 Å². The van der Waals surface area contributed by atoms with Crippen LogP contribution in [0.5, 0.6) is 5.75 Å². The van der Waals surface area contributed by atoms with Crippen LogP contribution >= 0.6 is 11.8 Å². The smallest absolute Gasteiger partial charge is 0.453 e. The zero-order valence-electron chi connectivity index (χ0n) is 28.5. The third kappa shape index (κ3) is 9.54. The van der Waals surface area contributed by atoms with E-state index in [0.29, 0.717) is 35.1 Å². The van der Waals surface area contributed by atoms with Gasteiger partial charge in [-0.15, -0.1) is 18.3 Å². The van der Waals surface area contributed by atoms with E-state index in [1.165, 1.54) is 63.9 Å². The number of amides is 3. The molecule has 2 heterocycles. The summed E-state index contributed by atoms with van der Waals surface area (Å²) in [6, 6.07) is 18.1. The summed E-state index contributed by atoms with van der Waals surface area (Å²) in [7, 11) is 2.85. The Kier molecular flexibility index (Phi) is 11.8. The van der Waals surface area contributed by atoms with Gasteiger partial charge in [-0.2, -0.15) is 4.99 Å². The van der Waals surface area contributed by atoms with Crippen molar-refractivity contribution in [3.8, 4) is 22.8 Å². The van der Waals surface area contributed by atoms with Gasteiger partial charge in [-0.05, 0) is 73.2 Å². The van der Waals surface area contributed by atoms with Crippen molar-refractivity contribution in [1.29, 1.82) is 0 Å². The maximum Gasteiger partial charge on any atom is 0.573 e. The van der Waals surface area contributed by atoms with Gasteiger partial charge in [0.1, 0.15) is 12.1 Å². The highest BCUT2D eigenvalue weighted by Gasteiger charge is 2.33. The molecule has 1 aromatic heterocycles. The molecule has 1 fully saturated rings. The summed E-state index contributed by atoms with van der Waals surface area (Å²) < 4.78 is 47.7. The molecule has 0 bridgehead atoms. The number of rotatable bonds is 12. The first-order chi connectivity index (χ1) is 24.3. The van der Waals surface area contributed by atoms with Gasteiger partial charge in [-0.3, -0.25) is 14.5 Å². The fraction of sp³-hybridized carbons (Fsp3) is 0.333. The van der Waals surface area contributed by atoms with E-state index in [0.717, 1.165) is 35.2 Å². The summed E-state index contributed by atoms with van der Waals surface area (Å²) in [5, 5.41) is 4.77. The van der Waals surface area contributed by atoms with Crippen LogP contribution in [-0.4, -0.2) is 75.1 Å². The van der Waals surface area contributed by atoms with E-state index in [2.05, 4.69) is 26.7 Å². The van der Waals surface area contributed by atoms with Crippen molar-refractivity contribution < 1.29 is 37.0 Å². The number of aliphatic imine (C=N–C) groups is 1. The predicted molar refractivity (Wildman–Crippen MR) is 188 cm³/mol. The van der Waals surface area contributed by atoms with Gasteiger partial charge < -0.3 is 14.4 Å². The van der Waals surface area contributed by atoms with Crippen molar-refractivity contribution in [2.45, 2.75) is 58.4 Å². The molecule has 0 saturated carbocycles. The zero-order valence-corrected chi connectivity index (χ0v) is 29.3. The number of hydrogen-bond donors (Lipinski definition) is 0. The summed E-state index contributed by atoms with van der Waals surface area (Å²) in [4.78, 5) is 50.5. The van der Waals surface area contributed by atoms with Crippen LogP contribution < -0.4 is 9.64 Å². The molecule has 5 rings (SSSR count). The first kappa shape index (κ1) is 37.1. The lowest BCUT2D eigenvalue weighted by Gasteiger charge is -2.26. The second-order valence-electron chi connectivity index (χ2n) is 11.9. The molecule has 268 valence electrons. The molecule has 3 aromatic carbocycles. The Morgan fingerprint density at radius 2 is 1.78 bits per heavy atom. The number of benzene rings is 3. The lowest BCUT2D eigenvalue weighted by atomic mass is 10.0. The van der Waals surface area contributed by atoms with Crippen LogP contribution in [0.2, 0.25) is 0 Å². The molecule has 0 radical (unpaired) electrons. The molecule has 11 nitrogen and oxygen atoms in total. The number of thioether (sulfide) groups is 1. The highest BCUT2D eigenvalue weighted by Crippen LogP contribution is 2.32. The number of methoxy groups -OCH3 is 1. The summed E-state index contributed by atoms with van der Waals surface area (Å²) in [5.74, 6) is -0.347. The van der Waals surface area contributed by atoms with Gasteiger partial charge in [-0.25, -0.2) is 14.5 Å². The molecule has 15 heteroatoms. The van der Waals surface area contributed by atoms with E-state index in [4.69, 9.17) is 4.74 Å². The van der Waals surface area contributed by atoms with Gasteiger partial charge in [0.25, 0.3) is 0 Å². The molecule has 1 saturated heterocycles. The summed E-state index contributed by atoms with van der Waals surface area (Å²) >= 11 is 1.22. The van der Waals surface area contributed by atoms with Gasteiger partial charge in [0, 0.05) is 25.1 Å². The van der Waals surface area contributed by atoms with Crippen LogP contribution in [0.25, 0.3) is 17.1 Å². The number of nitrogens with zero attached hydrogens (tertiary/aromatic N) is 6. The molecule has 0 spiro atoms. The van der Waals surface area contributed by atoms with E-state index in [1.54, 1.807) is 7.05 Å². The number of anilines is 1. The normalized spacial score (nSPS) is 14.5. The molecule has 1 aliphatic heterocycles. The molecule has 1 atom stereocenters. The van der Waals surface area contributed by atoms with E-state index < -0.39 is 24.4 Å². The molecule has 51 heavy (non-hydrogen) atoms. The summed E-state index contributed by atoms with van der Waals surface area (Å²) in [6.45, 7) is 4.02. The second-order valence-corrected chi connectivity index (χ2v) is 12.9. The van der Waals surface area contributed by atoms with Crippen LogP contribution in [0.4, 0.5) is 23.7 Å². The number of carbonyl (C=O) groups excluding carboxylic acids is 3. The van der Waals surface area contributed by atoms with Crippen molar-refractivity contribution in [3.63, 3.8) is 0 Å². The minimum atomic E-state index is -4.78. The van der Waals surface area contributed by atoms with Crippen LogP contribution in [0.15, 0.2) is 78.0 Å². The Hall–Kier alpha value is -5.18. The molecule has 1 aliphatic rings. The minimum absolute atomic E-state index is 0.0733. The van der Waals surface area contributed by atoms with Gasteiger partial charge in [-0.1, -0.05) is 61.5 Å². The number of alkyl halides is 3. The average molecular weight is 723 g/mol. The van der Waals surface area contributed by atoms with Gasteiger partial charge >= 0.3 is 12.5 Å². The van der Waals surface area contributed by atoms with Crippen LogP contribution in [0.1, 0.15) is 42.9 Å². The summed E-state index contributed by atoms with van der Waals surface area (Å²) in [5.41, 5.74) is 4.89.